The Bertz CT molecular complexity index is 480. The fourth-order valence-electron chi connectivity index (χ4n) is 1.34. The number of nitrogens with zero attached hydrogens (tertiary/aromatic N) is 1. The summed E-state index contributed by atoms with van der Waals surface area (Å²) in [4.78, 5) is 16.0. The van der Waals surface area contributed by atoms with E-state index in [9.17, 15) is 4.79 Å². The van der Waals surface area contributed by atoms with Crippen molar-refractivity contribution in [2.45, 2.75) is 19.8 Å². The molecule has 0 saturated heterocycles. The molecule has 4 nitrogen and oxygen atoms in total. The van der Waals surface area contributed by atoms with Crippen molar-refractivity contribution >= 4 is 29.4 Å². The van der Waals surface area contributed by atoms with Gasteiger partial charge in [-0.25, -0.2) is 4.79 Å². The van der Waals surface area contributed by atoms with Gasteiger partial charge in [0.05, 0.1) is 12.8 Å². The summed E-state index contributed by atoms with van der Waals surface area (Å²) < 4.78 is 5.08. The van der Waals surface area contributed by atoms with Crippen molar-refractivity contribution in [2.75, 3.05) is 13.0 Å². The normalized spacial score (nSPS) is 11.7. The van der Waals surface area contributed by atoms with Crippen LogP contribution in [0.15, 0.2) is 35.5 Å². The van der Waals surface area contributed by atoms with Crippen LogP contribution in [0.4, 0.5) is 0 Å². The summed E-state index contributed by atoms with van der Waals surface area (Å²) in [6, 6.07) is 7.60. The molecule has 0 aliphatic heterocycles. The van der Waals surface area contributed by atoms with Gasteiger partial charge in [0.15, 0.2) is 0 Å². The molecule has 1 rings (SSSR count). The molecular weight excluding hydrogens is 278 g/mol. The number of carbonyl (C=O) groups is 1. The fraction of sp³-hybridized carbons (Fsp3) is 0.333. The van der Waals surface area contributed by atoms with Gasteiger partial charge in [0, 0.05) is 12.3 Å². The average molecular weight is 296 g/mol. The Hall–Kier alpha value is -1.81. The van der Waals surface area contributed by atoms with Gasteiger partial charge >= 0.3 is 5.97 Å². The molecule has 0 aromatic heterocycles. The summed E-state index contributed by atoms with van der Waals surface area (Å²) in [5.74, 6) is 0.874. The minimum Gasteiger partial charge on any atom is -0.497 e. The second-order valence-corrected chi connectivity index (χ2v) is 4.47. The van der Waals surface area contributed by atoms with E-state index in [4.69, 9.17) is 21.2 Å². The molecule has 0 amide bonds. The van der Waals surface area contributed by atoms with Gasteiger partial charge in [0.2, 0.25) is 0 Å². The molecule has 0 saturated carbocycles. The van der Waals surface area contributed by atoms with E-state index in [0.717, 1.165) is 11.3 Å². The number of benzene rings is 1. The monoisotopic (exact) mass is 295 g/mol. The van der Waals surface area contributed by atoms with E-state index in [2.05, 4.69) is 5.16 Å². The van der Waals surface area contributed by atoms with Gasteiger partial charge in [-0.2, -0.15) is 0 Å². The van der Waals surface area contributed by atoms with Crippen LogP contribution in [-0.2, 0) is 9.63 Å². The van der Waals surface area contributed by atoms with E-state index in [0.29, 0.717) is 18.0 Å². The standard InChI is InChI=1S/C15H18ClNO3/c1-12(17-20-15(18)4-3-11-16)5-6-13-7-9-14(19-2)10-8-13/h5-10H,3-4,11H2,1-2H3/b6-5+,17-12-. The third-order valence-corrected chi connectivity index (χ3v) is 2.71. The van der Waals surface area contributed by atoms with Crippen LogP contribution in [0, 0.1) is 0 Å². The number of ether oxygens (including phenoxy) is 1. The average Bonchev–Trinajstić information content (AvgIpc) is 2.49. The minimum absolute atomic E-state index is 0.280. The first kappa shape index (κ1) is 16.2. The number of alkyl halides is 1. The Kier molecular flexibility index (Phi) is 7.43. The maximum Gasteiger partial charge on any atom is 0.335 e. The number of allylic oxidation sites excluding steroid dienone is 1. The maximum atomic E-state index is 11.2. The van der Waals surface area contributed by atoms with Crippen molar-refractivity contribution in [1.29, 1.82) is 0 Å². The molecule has 0 radical (unpaired) electrons. The zero-order valence-electron chi connectivity index (χ0n) is 11.6. The molecule has 0 aliphatic carbocycles. The second-order valence-electron chi connectivity index (χ2n) is 4.09. The van der Waals surface area contributed by atoms with Crippen LogP contribution in [-0.4, -0.2) is 24.7 Å². The van der Waals surface area contributed by atoms with Gasteiger partial charge < -0.3 is 9.57 Å². The van der Waals surface area contributed by atoms with Crippen LogP contribution < -0.4 is 4.74 Å². The van der Waals surface area contributed by atoms with Crippen LogP contribution in [0.25, 0.3) is 6.08 Å². The van der Waals surface area contributed by atoms with Crippen LogP contribution in [0.3, 0.4) is 0 Å². The van der Waals surface area contributed by atoms with Gasteiger partial charge in [-0.15, -0.1) is 11.6 Å². The Morgan fingerprint density at radius 1 is 1.35 bits per heavy atom. The van der Waals surface area contributed by atoms with E-state index in [1.165, 1.54) is 0 Å². The quantitative estimate of drug-likeness (QED) is 0.334. The van der Waals surface area contributed by atoms with Crippen molar-refractivity contribution in [3.63, 3.8) is 0 Å². The van der Waals surface area contributed by atoms with Crippen LogP contribution in [0.5, 0.6) is 5.75 Å². The highest BCUT2D eigenvalue weighted by molar-refractivity contribution is 6.17. The van der Waals surface area contributed by atoms with Crippen LogP contribution in [0.2, 0.25) is 0 Å². The van der Waals surface area contributed by atoms with Crippen molar-refractivity contribution in [3.8, 4) is 5.75 Å². The van der Waals surface area contributed by atoms with Crippen LogP contribution >= 0.6 is 11.6 Å². The fourth-order valence-corrected chi connectivity index (χ4v) is 1.48. The highest BCUT2D eigenvalue weighted by Crippen LogP contribution is 2.12. The molecule has 1 aromatic carbocycles. The highest BCUT2D eigenvalue weighted by Gasteiger charge is 2.01. The minimum atomic E-state index is -0.372. The van der Waals surface area contributed by atoms with Crippen molar-refractivity contribution < 1.29 is 14.4 Å². The van der Waals surface area contributed by atoms with E-state index < -0.39 is 0 Å². The lowest BCUT2D eigenvalue weighted by Crippen LogP contribution is -2.01. The number of rotatable bonds is 7. The Labute approximate surface area is 124 Å². The zero-order valence-corrected chi connectivity index (χ0v) is 12.4. The maximum absolute atomic E-state index is 11.2. The first-order valence-corrected chi connectivity index (χ1v) is 6.81. The Morgan fingerprint density at radius 2 is 2.05 bits per heavy atom. The predicted molar refractivity (Wildman–Crippen MR) is 81.2 cm³/mol. The summed E-state index contributed by atoms with van der Waals surface area (Å²) in [6.07, 6.45) is 4.53. The Balaban J connectivity index is 2.49. The van der Waals surface area contributed by atoms with Gasteiger partial charge in [-0.1, -0.05) is 23.4 Å². The molecule has 0 bridgehead atoms. The number of halogens is 1. The lowest BCUT2D eigenvalue weighted by molar-refractivity contribution is -0.143. The summed E-state index contributed by atoms with van der Waals surface area (Å²) >= 11 is 5.48. The number of oxime groups is 1. The summed E-state index contributed by atoms with van der Waals surface area (Å²) in [5, 5.41) is 3.74. The molecule has 0 heterocycles. The summed E-state index contributed by atoms with van der Waals surface area (Å²) in [7, 11) is 1.63. The molecule has 0 N–H and O–H groups in total. The first-order chi connectivity index (χ1) is 9.65. The number of carbonyl (C=O) groups excluding carboxylic acids is 1. The van der Waals surface area contributed by atoms with E-state index in [1.54, 1.807) is 20.1 Å². The van der Waals surface area contributed by atoms with Crippen molar-refractivity contribution in [2.24, 2.45) is 5.16 Å². The van der Waals surface area contributed by atoms with E-state index in [-0.39, 0.29) is 12.4 Å². The molecule has 0 atom stereocenters. The molecule has 0 unspecified atom stereocenters. The molecule has 0 spiro atoms. The molecule has 20 heavy (non-hydrogen) atoms. The molecule has 0 fully saturated rings. The molecule has 108 valence electrons. The van der Waals surface area contributed by atoms with Gasteiger partial charge in [0.1, 0.15) is 5.75 Å². The lowest BCUT2D eigenvalue weighted by atomic mass is 10.2. The van der Waals surface area contributed by atoms with Crippen molar-refractivity contribution in [1.82, 2.24) is 0 Å². The Morgan fingerprint density at radius 3 is 2.65 bits per heavy atom. The third kappa shape index (κ3) is 6.38. The zero-order chi connectivity index (χ0) is 14.8. The smallest absolute Gasteiger partial charge is 0.335 e. The van der Waals surface area contributed by atoms with Gasteiger partial charge in [-0.3, -0.25) is 0 Å². The topological polar surface area (TPSA) is 47.9 Å². The number of methoxy groups -OCH3 is 1. The highest BCUT2D eigenvalue weighted by atomic mass is 35.5. The SMILES string of the molecule is COc1ccc(/C=C/C(C)=N\OC(=O)CCCCl)cc1. The van der Waals surface area contributed by atoms with Crippen LogP contribution in [0.1, 0.15) is 25.3 Å². The summed E-state index contributed by atoms with van der Waals surface area (Å²) in [5.41, 5.74) is 1.62. The molecule has 1 aromatic rings. The first-order valence-electron chi connectivity index (χ1n) is 6.28. The number of hydrogen-bond acceptors (Lipinski definition) is 4. The molecular formula is C15H18ClNO3. The third-order valence-electron chi connectivity index (χ3n) is 2.44. The van der Waals surface area contributed by atoms with Gasteiger partial charge in [-0.05, 0) is 37.1 Å². The molecule has 0 aliphatic rings. The predicted octanol–water partition coefficient (Wildman–Crippen LogP) is 3.65. The largest absolute Gasteiger partial charge is 0.497 e. The van der Waals surface area contributed by atoms with Gasteiger partial charge in [0.25, 0.3) is 0 Å². The molecule has 5 heteroatoms. The lowest BCUT2D eigenvalue weighted by Gasteiger charge is -1.99. The second kappa shape index (κ2) is 9.15. The van der Waals surface area contributed by atoms with Crippen molar-refractivity contribution in [3.05, 3.63) is 35.9 Å². The number of hydrogen-bond donors (Lipinski definition) is 0. The van der Waals surface area contributed by atoms with E-state index in [1.807, 2.05) is 30.3 Å². The summed E-state index contributed by atoms with van der Waals surface area (Å²) in [6.45, 7) is 1.76. The van der Waals surface area contributed by atoms with E-state index >= 15 is 0 Å².